The van der Waals surface area contributed by atoms with Crippen LogP contribution in [0.4, 0.5) is 5.69 Å². The Kier molecular flexibility index (Phi) is 8.73. The van der Waals surface area contributed by atoms with Crippen LogP contribution in [0.2, 0.25) is 0 Å². The maximum absolute atomic E-state index is 5.43. The number of benzene rings is 8. The van der Waals surface area contributed by atoms with Gasteiger partial charge in [-0.25, -0.2) is 4.98 Å². The Morgan fingerprint density at radius 3 is 1.92 bits per heavy atom. The molecule has 0 N–H and O–H groups in total. The molecular weight excluding hydrogens is 777 g/mol. The molecule has 0 radical (unpaired) electrons. The third-order valence-corrected chi connectivity index (χ3v) is 13.3. The van der Waals surface area contributed by atoms with E-state index in [9.17, 15) is 0 Å². The van der Waals surface area contributed by atoms with Gasteiger partial charge in [-0.3, -0.25) is 15.0 Å². The van der Waals surface area contributed by atoms with Crippen molar-refractivity contribution in [3.63, 3.8) is 0 Å². The van der Waals surface area contributed by atoms with Crippen molar-refractivity contribution in [2.45, 2.75) is 12.3 Å². The highest BCUT2D eigenvalue weighted by atomic mass is 14.8. The van der Waals surface area contributed by atoms with Crippen molar-refractivity contribution >= 4 is 61.5 Å². The molecule has 4 heteroatoms. The zero-order chi connectivity index (χ0) is 42.8. The number of fused-ring (bicyclic) bond motifs is 8. The van der Waals surface area contributed by atoms with Crippen molar-refractivity contribution in [2.75, 3.05) is 0 Å². The van der Waals surface area contributed by atoms with E-state index in [1.807, 2.05) is 18.3 Å². The zero-order valence-corrected chi connectivity index (χ0v) is 35.2. The number of aromatic nitrogens is 3. The van der Waals surface area contributed by atoms with Crippen LogP contribution in [0.25, 0.3) is 82.6 Å². The Hall–Kier alpha value is -8.34. The van der Waals surface area contributed by atoms with Crippen molar-refractivity contribution in [1.82, 2.24) is 15.0 Å². The first-order valence-corrected chi connectivity index (χ1v) is 21.8. The number of para-hydroxylation sites is 1. The Morgan fingerprint density at radius 1 is 0.500 bits per heavy atom. The molecule has 11 aromatic rings. The molecule has 1 aliphatic carbocycles. The molecule has 0 saturated carbocycles. The normalized spacial score (nSPS) is 13.0. The lowest BCUT2D eigenvalue weighted by molar-refractivity contribution is 0.769. The largest absolute Gasteiger partial charge is 0.262 e. The van der Waals surface area contributed by atoms with Gasteiger partial charge in [-0.2, -0.15) is 0 Å². The molecule has 0 aliphatic heterocycles. The van der Waals surface area contributed by atoms with Crippen LogP contribution in [0, 0.1) is 0 Å². The van der Waals surface area contributed by atoms with Crippen LogP contribution in [0.5, 0.6) is 0 Å². The lowest BCUT2D eigenvalue weighted by Gasteiger charge is -2.34. The minimum absolute atomic E-state index is 0.494. The van der Waals surface area contributed by atoms with E-state index >= 15 is 0 Å². The van der Waals surface area contributed by atoms with Gasteiger partial charge in [-0.05, 0) is 99.4 Å². The molecule has 8 aromatic carbocycles. The first kappa shape index (κ1) is 37.4. The summed E-state index contributed by atoms with van der Waals surface area (Å²) >= 11 is 0. The van der Waals surface area contributed by atoms with Crippen LogP contribution in [-0.2, 0) is 5.41 Å². The zero-order valence-electron chi connectivity index (χ0n) is 35.2. The SMILES string of the molecule is C=Nc1c(/C(=C\C)c2ccc(-c3ccc(-c4nc5ccccc5c5cc6c(cc45)-c4ccccc4C6(c4ccccc4)c4ccccc4)cc3)c3ncccc23)ccc2cccnc12. The average Bonchev–Trinajstić information content (AvgIpc) is 3.66. The maximum Gasteiger partial charge on any atom is 0.0964 e. The van der Waals surface area contributed by atoms with E-state index in [0.29, 0.717) is 0 Å². The minimum Gasteiger partial charge on any atom is -0.262 e. The fraction of sp³-hybridized carbons (Fsp3) is 0.0333. The third kappa shape index (κ3) is 5.56. The van der Waals surface area contributed by atoms with Gasteiger partial charge in [0.05, 0.1) is 33.3 Å². The highest BCUT2D eigenvalue weighted by molar-refractivity contribution is 6.14. The lowest BCUT2D eigenvalue weighted by atomic mass is 9.67. The van der Waals surface area contributed by atoms with Gasteiger partial charge in [-0.1, -0.05) is 170 Å². The summed E-state index contributed by atoms with van der Waals surface area (Å²) < 4.78 is 0. The summed E-state index contributed by atoms with van der Waals surface area (Å²) in [5.41, 5.74) is 17.9. The number of hydrogen-bond donors (Lipinski definition) is 0. The summed E-state index contributed by atoms with van der Waals surface area (Å²) in [6, 6.07) is 70.0. The smallest absolute Gasteiger partial charge is 0.0964 e. The van der Waals surface area contributed by atoms with E-state index in [4.69, 9.17) is 9.97 Å². The van der Waals surface area contributed by atoms with Crippen LogP contribution in [0.3, 0.4) is 0 Å². The number of aliphatic imine (C=N–C) groups is 1. The summed E-state index contributed by atoms with van der Waals surface area (Å²) in [6.07, 6.45) is 5.83. The van der Waals surface area contributed by atoms with Crippen LogP contribution in [0.1, 0.15) is 40.3 Å². The molecule has 0 saturated heterocycles. The first-order chi connectivity index (χ1) is 31.7. The summed E-state index contributed by atoms with van der Waals surface area (Å²) in [4.78, 5) is 19.6. The average molecular weight is 817 g/mol. The molecule has 4 nitrogen and oxygen atoms in total. The Bertz CT molecular complexity index is 3640. The highest BCUT2D eigenvalue weighted by Gasteiger charge is 2.46. The molecule has 0 atom stereocenters. The van der Waals surface area contributed by atoms with Gasteiger partial charge in [0.25, 0.3) is 0 Å². The minimum atomic E-state index is -0.494. The highest BCUT2D eigenvalue weighted by Crippen LogP contribution is 2.57. The maximum atomic E-state index is 5.43. The number of pyridine rings is 3. The topological polar surface area (TPSA) is 51.0 Å². The van der Waals surface area contributed by atoms with E-state index in [1.54, 1.807) is 6.20 Å². The monoisotopic (exact) mass is 816 g/mol. The molecular formula is C60H40N4. The molecule has 3 heterocycles. The molecule has 64 heavy (non-hydrogen) atoms. The summed E-state index contributed by atoms with van der Waals surface area (Å²) in [6.45, 7) is 6.02. The van der Waals surface area contributed by atoms with E-state index < -0.39 is 5.41 Å². The molecule has 300 valence electrons. The molecule has 0 spiro atoms. The van der Waals surface area contributed by atoms with E-state index in [1.165, 1.54) is 38.8 Å². The lowest BCUT2D eigenvalue weighted by Crippen LogP contribution is -2.28. The molecule has 12 rings (SSSR count). The van der Waals surface area contributed by atoms with Gasteiger partial charge >= 0.3 is 0 Å². The van der Waals surface area contributed by atoms with Gasteiger partial charge in [0, 0.05) is 50.6 Å². The van der Waals surface area contributed by atoms with Gasteiger partial charge in [-0.15, -0.1) is 0 Å². The van der Waals surface area contributed by atoms with E-state index in [-0.39, 0.29) is 0 Å². The van der Waals surface area contributed by atoms with Crippen LogP contribution < -0.4 is 0 Å². The summed E-state index contributed by atoms with van der Waals surface area (Å²) in [7, 11) is 0. The molecule has 0 amide bonds. The van der Waals surface area contributed by atoms with Gasteiger partial charge in [0.2, 0.25) is 0 Å². The van der Waals surface area contributed by atoms with Gasteiger partial charge in [0.1, 0.15) is 0 Å². The molecule has 3 aromatic heterocycles. The summed E-state index contributed by atoms with van der Waals surface area (Å²) in [5.74, 6) is 0. The van der Waals surface area contributed by atoms with Crippen LogP contribution in [-0.4, -0.2) is 21.7 Å². The van der Waals surface area contributed by atoms with Crippen molar-refractivity contribution < 1.29 is 0 Å². The number of rotatable bonds is 7. The molecule has 0 fully saturated rings. The second-order valence-corrected chi connectivity index (χ2v) is 16.5. The molecule has 0 bridgehead atoms. The predicted molar refractivity (Wildman–Crippen MR) is 266 cm³/mol. The Labute approximate surface area is 371 Å². The van der Waals surface area contributed by atoms with Crippen LogP contribution in [0.15, 0.2) is 218 Å². The predicted octanol–water partition coefficient (Wildman–Crippen LogP) is 15.0. The number of nitrogens with zero attached hydrogens (tertiary/aromatic N) is 4. The van der Waals surface area contributed by atoms with Crippen molar-refractivity contribution in [2.24, 2.45) is 4.99 Å². The standard InChI is InChI=1S/C60H40N4/c1-3-43(49-31-30-39-16-14-34-62-57(39)59(49)61-2)45-33-32-44(58-48(45)23-15-35-63-58)38-26-28-40(29-27-38)56-52-36-51-46-21-10-12-24-53(46)60(41-17-6-4-7-18-41,42-19-8-5-9-20-42)54(51)37-50(52)47-22-11-13-25-55(47)64-56/h3-37H,2H2,1H3/b43-3-. The molecule has 0 unspecified atom stereocenters. The van der Waals surface area contributed by atoms with Crippen molar-refractivity contribution in [1.29, 1.82) is 0 Å². The van der Waals surface area contributed by atoms with E-state index in [0.717, 1.165) is 82.9 Å². The van der Waals surface area contributed by atoms with Crippen molar-refractivity contribution in [3.05, 3.63) is 246 Å². The van der Waals surface area contributed by atoms with E-state index in [2.05, 4.69) is 212 Å². The van der Waals surface area contributed by atoms with Crippen molar-refractivity contribution in [3.8, 4) is 33.5 Å². The van der Waals surface area contributed by atoms with Gasteiger partial charge < -0.3 is 0 Å². The second-order valence-electron chi connectivity index (χ2n) is 16.5. The quantitative estimate of drug-likeness (QED) is 0.119. The fourth-order valence-corrected chi connectivity index (χ4v) is 10.5. The van der Waals surface area contributed by atoms with Crippen LogP contribution >= 0.6 is 0 Å². The fourth-order valence-electron chi connectivity index (χ4n) is 10.5. The van der Waals surface area contributed by atoms with Gasteiger partial charge in [0.15, 0.2) is 0 Å². The summed E-state index contributed by atoms with van der Waals surface area (Å²) in [5, 5.41) is 5.55. The molecule has 1 aliphatic rings. The first-order valence-electron chi connectivity index (χ1n) is 21.8. The second kappa shape index (κ2) is 14.9. The Morgan fingerprint density at radius 2 is 1.16 bits per heavy atom. The third-order valence-electron chi connectivity index (χ3n) is 13.3. The number of hydrogen-bond acceptors (Lipinski definition) is 4. The number of allylic oxidation sites excluding steroid dienone is 1. The Balaban J connectivity index is 1.02.